The Morgan fingerprint density at radius 2 is 1.52 bits per heavy atom. The average molecular weight is 367 g/mol. The van der Waals surface area contributed by atoms with Crippen LogP contribution in [0.1, 0.15) is 80.8 Å². The molecule has 0 aromatic heterocycles. The van der Waals surface area contributed by atoms with E-state index in [9.17, 15) is 9.90 Å². The van der Waals surface area contributed by atoms with Crippen LogP contribution in [0, 0.1) is 13.8 Å². The summed E-state index contributed by atoms with van der Waals surface area (Å²) in [6, 6.07) is 8.06. The van der Waals surface area contributed by atoms with Crippen molar-refractivity contribution in [3.63, 3.8) is 0 Å². The van der Waals surface area contributed by atoms with E-state index in [2.05, 4.69) is 53.7 Å². The minimum absolute atomic E-state index is 0.0597. The van der Waals surface area contributed by atoms with E-state index in [1.54, 1.807) is 0 Å². The van der Waals surface area contributed by atoms with E-state index < -0.39 is 5.92 Å². The molecule has 27 heavy (non-hydrogen) atoms. The van der Waals surface area contributed by atoms with E-state index in [1.165, 1.54) is 5.56 Å². The van der Waals surface area contributed by atoms with Crippen molar-refractivity contribution in [3.05, 3.63) is 57.6 Å². The number of fused-ring (bicyclic) bond motifs is 1. The van der Waals surface area contributed by atoms with Crippen LogP contribution in [0.2, 0.25) is 0 Å². The van der Waals surface area contributed by atoms with Crippen LogP contribution in [-0.2, 0) is 15.6 Å². The molecular formula is C24H30O3. The predicted molar refractivity (Wildman–Crippen MR) is 109 cm³/mol. The Kier molecular flexibility index (Phi) is 4.41. The standard InChI is InChI=1S/C24H30O3/c1-13-9-14(2)20(25)16(10-13)19-17-11-15(23(3,4)5)12-18(24(6,7)8)21(17)27-22(19)26/h9-12,19,25H,1-8H3. The Labute approximate surface area is 162 Å². The molecule has 2 aromatic rings. The summed E-state index contributed by atoms with van der Waals surface area (Å²) < 4.78 is 5.78. The van der Waals surface area contributed by atoms with Crippen molar-refractivity contribution >= 4 is 5.97 Å². The van der Waals surface area contributed by atoms with Crippen LogP contribution in [-0.4, -0.2) is 11.1 Å². The Morgan fingerprint density at radius 1 is 0.889 bits per heavy atom. The van der Waals surface area contributed by atoms with Gasteiger partial charge in [-0.15, -0.1) is 0 Å². The Bertz CT molecular complexity index is 924. The molecular weight excluding hydrogens is 336 g/mol. The largest absolute Gasteiger partial charge is 0.507 e. The molecule has 1 heterocycles. The van der Waals surface area contributed by atoms with Crippen molar-refractivity contribution in [3.8, 4) is 11.5 Å². The van der Waals surface area contributed by atoms with Gasteiger partial charge in [0, 0.05) is 16.7 Å². The van der Waals surface area contributed by atoms with Crippen LogP contribution in [0.4, 0.5) is 0 Å². The number of carbonyl (C=O) groups excluding carboxylic acids is 1. The first-order chi connectivity index (χ1) is 12.3. The summed E-state index contributed by atoms with van der Waals surface area (Å²) in [5.74, 6) is -0.0817. The number of ether oxygens (including phenoxy) is 1. The third kappa shape index (κ3) is 3.36. The molecule has 0 aliphatic carbocycles. The molecule has 0 saturated heterocycles. The van der Waals surface area contributed by atoms with E-state index in [-0.39, 0.29) is 22.5 Å². The summed E-state index contributed by atoms with van der Waals surface area (Å²) >= 11 is 0. The van der Waals surface area contributed by atoms with Crippen LogP contribution in [0.3, 0.4) is 0 Å². The Morgan fingerprint density at radius 3 is 2.07 bits per heavy atom. The first kappa shape index (κ1) is 19.5. The van der Waals surface area contributed by atoms with Crippen LogP contribution in [0.15, 0.2) is 24.3 Å². The van der Waals surface area contributed by atoms with Gasteiger partial charge in [-0.1, -0.05) is 71.4 Å². The van der Waals surface area contributed by atoms with Crippen molar-refractivity contribution in [2.75, 3.05) is 0 Å². The molecule has 1 aliphatic rings. The number of carbonyl (C=O) groups is 1. The molecule has 0 radical (unpaired) electrons. The zero-order chi connectivity index (χ0) is 20.3. The summed E-state index contributed by atoms with van der Waals surface area (Å²) in [4.78, 5) is 12.9. The highest BCUT2D eigenvalue weighted by Crippen LogP contribution is 2.49. The van der Waals surface area contributed by atoms with Gasteiger partial charge in [0.25, 0.3) is 0 Å². The molecule has 3 rings (SSSR count). The fourth-order valence-electron chi connectivity index (χ4n) is 3.76. The first-order valence-corrected chi connectivity index (χ1v) is 9.51. The van der Waals surface area contributed by atoms with Crippen molar-refractivity contribution in [2.24, 2.45) is 0 Å². The molecule has 0 amide bonds. The van der Waals surface area contributed by atoms with Crippen molar-refractivity contribution in [1.29, 1.82) is 0 Å². The monoisotopic (exact) mass is 366 g/mol. The molecule has 0 bridgehead atoms. The molecule has 1 aliphatic heterocycles. The lowest BCUT2D eigenvalue weighted by molar-refractivity contribution is -0.133. The lowest BCUT2D eigenvalue weighted by atomic mass is 9.77. The van der Waals surface area contributed by atoms with Crippen LogP contribution in [0.5, 0.6) is 11.5 Å². The molecule has 1 atom stereocenters. The molecule has 1 unspecified atom stereocenters. The van der Waals surface area contributed by atoms with Gasteiger partial charge in [-0.2, -0.15) is 0 Å². The number of aromatic hydroxyl groups is 1. The number of aryl methyl sites for hydroxylation is 2. The summed E-state index contributed by atoms with van der Waals surface area (Å²) in [5.41, 5.74) is 5.25. The SMILES string of the molecule is Cc1cc(C)c(O)c(C2C(=O)Oc3c2cc(C(C)(C)C)cc3C(C)(C)C)c1. The highest BCUT2D eigenvalue weighted by Gasteiger charge is 2.40. The predicted octanol–water partition coefficient (Wildman–Crippen LogP) is 5.65. The third-order valence-corrected chi connectivity index (χ3v) is 5.33. The van der Waals surface area contributed by atoms with Crippen molar-refractivity contribution in [1.82, 2.24) is 0 Å². The van der Waals surface area contributed by atoms with E-state index in [1.807, 2.05) is 26.0 Å². The second-order valence-electron chi connectivity index (χ2n) is 9.82. The molecule has 1 N–H and O–H groups in total. The highest BCUT2D eigenvalue weighted by molar-refractivity contribution is 5.91. The maximum absolute atomic E-state index is 12.9. The highest BCUT2D eigenvalue weighted by atomic mass is 16.5. The van der Waals surface area contributed by atoms with Gasteiger partial charge in [-0.25, -0.2) is 0 Å². The maximum atomic E-state index is 12.9. The minimum atomic E-state index is -0.595. The number of benzene rings is 2. The number of hydrogen-bond donors (Lipinski definition) is 1. The van der Waals surface area contributed by atoms with Gasteiger partial charge in [-0.3, -0.25) is 4.79 Å². The molecule has 2 aromatic carbocycles. The third-order valence-electron chi connectivity index (χ3n) is 5.33. The summed E-state index contributed by atoms with van der Waals surface area (Å²) in [6.45, 7) is 16.7. The van der Waals surface area contributed by atoms with Crippen LogP contribution >= 0.6 is 0 Å². The van der Waals surface area contributed by atoms with Gasteiger partial charge in [0.15, 0.2) is 0 Å². The molecule has 0 spiro atoms. The van der Waals surface area contributed by atoms with Gasteiger partial charge in [0.2, 0.25) is 0 Å². The lowest BCUT2D eigenvalue weighted by Gasteiger charge is -2.27. The van der Waals surface area contributed by atoms with E-state index in [4.69, 9.17) is 4.74 Å². The number of phenolic OH excluding ortho intramolecular Hbond substituents is 1. The molecule has 3 heteroatoms. The number of rotatable bonds is 1. The summed E-state index contributed by atoms with van der Waals surface area (Å²) in [7, 11) is 0. The fraction of sp³-hybridized carbons (Fsp3) is 0.458. The fourth-order valence-corrected chi connectivity index (χ4v) is 3.76. The van der Waals surface area contributed by atoms with Crippen LogP contribution in [0.25, 0.3) is 0 Å². The zero-order valence-electron chi connectivity index (χ0n) is 17.7. The zero-order valence-corrected chi connectivity index (χ0v) is 17.7. The summed E-state index contributed by atoms with van der Waals surface area (Å²) in [6.07, 6.45) is 0. The van der Waals surface area contributed by atoms with E-state index in [0.29, 0.717) is 11.3 Å². The molecule has 144 valence electrons. The van der Waals surface area contributed by atoms with Gasteiger partial charge in [-0.05, 0) is 35.8 Å². The Hall–Kier alpha value is -2.29. The van der Waals surface area contributed by atoms with Crippen molar-refractivity contribution < 1.29 is 14.6 Å². The second-order valence-corrected chi connectivity index (χ2v) is 9.82. The van der Waals surface area contributed by atoms with Gasteiger partial charge in [0.1, 0.15) is 17.4 Å². The normalized spacial score (nSPS) is 17.0. The molecule has 3 nitrogen and oxygen atoms in total. The van der Waals surface area contributed by atoms with Gasteiger partial charge < -0.3 is 9.84 Å². The van der Waals surface area contributed by atoms with E-state index >= 15 is 0 Å². The summed E-state index contributed by atoms with van der Waals surface area (Å²) in [5, 5.41) is 10.7. The number of esters is 1. The number of phenols is 1. The first-order valence-electron chi connectivity index (χ1n) is 9.51. The average Bonchev–Trinajstić information content (AvgIpc) is 2.83. The molecule has 0 fully saturated rings. The van der Waals surface area contributed by atoms with Crippen molar-refractivity contribution in [2.45, 2.75) is 72.1 Å². The topological polar surface area (TPSA) is 46.5 Å². The second kappa shape index (κ2) is 6.12. The number of hydrogen-bond acceptors (Lipinski definition) is 3. The van der Waals surface area contributed by atoms with Gasteiger partial charge in [0.05, 0.1) is 0 Å². The Balaban J connectivity index is 2.32. The minimum Gasteiger partial charge on any atom is -0.507 e. The van der Waals surface area contributed by atoms with E-state index in [0.717, 1.165) is 22.3 Å². The smallest absolute Gasteiger partial charge is 0.323 e. The van der Waals surface area contributed by atoms with Crippen LogP contribution < -0.4 is 4.74 Å². The lowest BCUT2D eigenvalue weighted by Crippen LogP contribution is -2.17. The van der Waals surface area contributed by atoms with Gasteiger partial charge >= 0.3 is 5.97 Å². The molecule has 0 saturated carbocycles. The maximum Gasteiger partial charge on any atom is 0.323 e. The quantitative estimate of drug-likeness (QED) is 0.523.